The fourth-order valence-corrected chi connectivity index (χ4v) is 11.4. The molecule has 5 aliphatic rings. The van der Waals surface area contributed by atoms with Crippen molar-refractivity contribution in [3.8, 4) is 0 Å². The average Bonchev–Trinajstić information content (AvgIpc) is 3.18. The summed E-state index contributed by atoms with van der Waals surface area (Å²) in [7, 11) is 0. The topological polar surface area (TPSA) is 91.7 Å². The lowest BCUT2D eigenvalue weighted by molar-refractivity contribution is -0.245. The third kappa shape index (κ3) is 2.79. The lowest BCUT2D eigenvalue weighted by atomic mass is 9.32. The van der Waals surface area contributed by atoms with Gasteiger partial charge in [-0.1, -0.05) is 39.8 Å². The molecule has 0 aromatic rings. The van der Waals surface area contributed by atoms with Gasteiger partial charge in [-0.25, -0.2) is 0 Å². The normalized spacial score (nSPS) is 50.3. The third-order valence-corrected chi connectivity index (χ3v) is 13.0. The number of hydrogen-bond donors (Lipinski definition) is 2. The van der Waals surface area contributed by atoms with E-state index in [0.717, 1.165) is 44.1 Å². The first kappa shape index (κ1) is 25.0. The SMILES string of the molecule is C=C(C)[C@@H]1CC[C@]2(C(=O)O)CC[C@]3(C(=O)O)[C@H](CC[C@@H]4[C@@]5(C)CCC(=O)C(C)(C)[C@H]5CC[C@]43C)[C@H]12. The van der Waals surface area contributed by atoms with E-state index in [2.05, 4.69) is 34.3 Å². The van der Waals surface area contributed by atoms with Gasteiger partial charge in [0.05, 0.1) is 10.8 Å². The van der Waals surface area contributed by atoms with Crippen LogP contribution in [-0.2, 0) is 14.4 Å². The van der Waals surface area contributed by atoms with E-state index in [4.69, 9.17) is 0 Å². The minimum Gasteiger partial charge on any atom is -0.481 e. The van der Waals surface area contributed by atoms with Crippen molar-refractivity contribution in [2.24, 2.45) is 56.7 Å². The molecule has 5 aliphatic carbocycles. The van der Waals surface area contributed by atoms with Crippen molar-refractivity contribution in [1.82, 2.24) is 0 Å². The molecule has 0 unspecified atom stereocenters. The molecular weight excluding hydrogens is 440 g/mol. The van der Waals surface area contributed by atoms with Gasteiger partial charge in [-0.2, -0.15) is 0 Å². The van der Waals surface area contributed by atoms with Crippen molar-refractivity contribution < 1.29 is 24.6 Å². The summed E-state index contributed by atoms with van der Waals surface area (Å²) in [6.07, 6.45) is 7.15. The molecule has 5 nitrogen and oxygen atoms in total. The Morgan fingerprint density at radius 1 is 0.857 bits per heavy atom. The fourth-order valence-electron chi connectivity index (χ4n) is 11.4. The zero-order valence-corrected chi connectivity index (χ0v) is 22.3. The number of carboxylic acids is 2. The van der Waals surface area contributed by atoms with Gasteiger partial charge in [0.25, 0.3) is 0 Å². The van der Waals surface area contributed by atoms with Crippen molar-refractivity contribution in [3.63, 3.8) is 0 Å². The van der Waals surface area contributed by atoms with Gasteiger partial charge in [0.15, 0.2) is 0 Å². The Balaban J connectivity index is 1.64. The summed E-state index contributed by atoms with van der Waals surface area (Å²) in [5.74, 6) is -0.819. The number of rotatable bonds is 3. The van der Waals surface area contributed by atoms with Gasteiger partial charge in [0, 0.05) is 11.8 Å². The van der Waals surface area contributed by atoms with Gasteiger partial charge < -0.3 is 10.2 Å². The molecule has 5 heteroatoms. The maximum Gasteiger partial charge on any atom is 0.310 e. The van der Waals surface area contributed by atoms with Crippen LogP contribution in [0.5, 0.6) is 0 Å². The second-order valence-corrected chi connectivity index (χ2v) is 14.2. The first-order valence-electron chi connectivity index (χ1n) is 13.9. The molecule has 0 heterocycles. The van der Waals surface area contributed by atoms with Crippen molar-refractivity contribution in [2.45, 2.75) is 98.8 Å². The molecule has 0 aromatic heterocycles. The second kappa shape index (κ2) is 7.44. The van der Waals surface area contributed by atoms with Crippen molar-refractivity contribution in [3.05, 3.63) is 12.2 Å². The summed E-state index contributed by atoms with van der Waals surface area (Å²) in [6.45, 7) is 15.0. The van der Waals surface area contributed by atoms with E-state index in [1.54, 1.807) is 0 Å². The Morgan fingerprint density at radius 2 is 1.54 bits per heavy atom. The van der Waals surface area contributed by atoms with Crippen LogP contribution in [0.25, 0.3) is 0 Å². The van der Waals surface area contributed by atoms with Gasteiger partial charge in [-0.15, -0.1) is 0 Å². The molecule has 0 aliphatic heterocycles. The molecule has 0 radical (unpaired) electrons. The summed E-state index contributed by atoms with van der Waals surface area (Å²) in [6, 6.07) is 0. The van der Waals surface area contributed by atoms with Gasteiger partial charge >= 0.3 is 11.9 Å². The van der Waals surface area contributed by atoms with Gasteiger partial charge in [-0.3, -0.25) is 14.4 Å². The van der Waals surface area contributed by atoms with E-state index in [-0.39, 0.29) is 40.4 Å². The molecule has 2 N–H and O–H groups in total. The van der Waals surface area contributed by atoms with Crippen LogP contribution < -0.4 is 0 Å². The molecule has 35 heavy (non-hydrogen) atoms. The fraction of sp³-hybridized carbons (Fsp3) is 0.833. The van der Waals surface area contributed by atoms with Crippen LogP contribution in [0, 0.1) is 56.7 Å². The van der Waals surface area contributed by atoms with Crippen LogP contribution in [0.1, 0.15) is 98.8 Å². The molecule has 5 rings (SSSR count). The van der Waals surface area contributed by atoms with Crippen molar-refractivity contribution >= 4 is 17.7 Å². The van der Waals surface area contributed by atoms with Crippen LogP contribution >= 0.6 is 0 Å². The Bertz CT molecular complexity index is 997. The minimum absolute atomic E-state index is 0.0669. The highest BCUT2D eigenvalue weighted by Crippen LogP contribution is 2.77. The molecule has 0 spiro atoms. The maximum absolute atomic E-state index is 13.5. The highest BCUT2D eigenvalue weighted by Gasteiger charge is 2.75. The smallest absolute Gasteiger partial charge is 0.310 e. The second-order valence-electron chi connectivity index (χ2n) is 14.2. The predicted molar refractivity (Wildman–Crippen MR) is 134 cm³/mol. The largest absolute Gasteiger partial charge is 0.481 e. The van der Waals surface area contributed by atoms with Gasteiger partial charge in [0.1, 0.15) is 5.78 Å². The monoisotopic (exact) mass is 484 g/mol. The molecule has 0 bridgehead atoms. The summed E-state index contributed by atoms with van der Waals surface area (Å²) in [5.41, 5.74) is -1.58. The first-order chi connectivity index (χ1) is 16.2. The number of Topliss-reactive ketones (excluding diaryl/α,β-unsaturated/α-hetero) is 1. The average molecular weight is 485 g/mol. The van der Waals surface area contributed by atoms with E-state index in [9.17, 15) is 24.6 Å². The van der Waals surface area contributed by atoms with E-state index in [1.807, 2.05) is 6.92 Å². The highest BCUT2D eigenvalue weighted by molar-refractivity contribution is 5.85. The molecule has 0 saturated heterocycles. The highest BCUT2D eigenvalue weighted by atomic mass is 16.4. The van der Waals surface area contributed by atoms with Crippen LogP contribution in [0.3, 0.4) is 0 Å². The summed E-state index contributed by atoms with van der Waals surface area (Å²) >= 11 is 0. The van der Waals surface area contributed by atoms with E-state index < -0.39 is 28.2 Å². The quantitative estimate of drug-likeness (QED) is 0.455. The van der Waals surface area contributed by atoms with Gasteiger partial charge in [-0.05, 0) is 105 Å². The van der Waals surface area contributed by atoms with Gasteiger partial charge in [0.2, 0.25) is 0 Å². The number of allylic oxidation sites excluding steroid dienone is 1. The Labute approximate surface area is 210 Å². The number of carbonyl (C=O) groups excluding carboxylic acids is 1. The number of carbonyl (C=O) groups is 3. The zero-order chi connectivity index (χ0) is 25.8. The molecule has 0 amide bonds. The van der Waals surface area contributed by atoms with Crippen LogP contribution in [0.4, 0.5) is 0 Å². The Hall–Kier alpha value is -1.65. The minimum atomic E-state index is -0.919. The van der Waals surface area contributed by atoms with Crippen molar-refractivity contribution in [1.29, 1.82) is 0 Å². The van der Waals surface area contributed by atoms with E-state index in [0.29, 0.717) is 31.5 Å². The lowest BCUT2D eigenvalue weighted by Gasteiger charge is -2.71. The van der Waals surface area contributed by atoms with Crippen LogP contribution in [0.15, 0.2) is 12.2 Å². The standard InChI is InChI=1S/C30H44O5/c1-17(2)18-9-14-29(24(32)33)15-16-30(25(34)35)19(23(18)29)7-8-21-27(5)12-11-22(31)26(3,4)20(27)10-13-28(21,30)6/h18-21,23H,1,7-16H2,2-6H3,(H,32,33)(H,34,35)/t18-,19+,20+,21+,23-,27-,28+,29-,30+/m0/s1. The number of aliphatic carboxylic acids is 2. The number of fused-ring (bicyclic) bond motifs is 7. The number of hydrogen-bond acceptors (Lipinski definition) is 3. The lowest BCUT2D eigenvalue weighted by Crippen LogP contribution is -2.69. The Morgan fingerprint density at radius 3 is 2.14 bits per heavy atom. The summed E-state index contributed by atoms with van der Waals surface area (Å²) < 4.78 is 0. The molecular formula is C30H44O5. The zero-order valence-electron chi connectivity index (χ0n) is 22.3. The van der Waals surface area contributed by atoms with Crippen LogP contribution in [-0.4, -0.2) is 27.9 Å². The Kier molecular flexibility index (Phi) is 5.32. The summed E-state index contributed by atoms with van der Waals surface area (Å²) in [5, 5.41) is 21.6. The predicted octanol–water partition coefficient (Wildman–Crippen LogP) is 6.36. The van der Waals surface area contributed by atoms with Crippen molar-refractivity contribution in [2.75, 3.05) is 0 Å². The maximum atomic E-state index is 13.5. The molecule has 5 fully saturated rings. The number of carboxylic acid groups (broad SMARTS) is 2. The summed E-state index contributed by atoms with van der Waals surface area (Å²) in [4.78, 5) is 39.2. The molecule has 194 valence electrons. The third-order valence-electron chi connectivity index (χ3n) is 13.0. The number of ketones is 1. The molecule has 0 aromatic carbocycles. The van der Waals surface area contributed by atoms with E-state index in [1.165, 1.54) is 0 Å². The molecule has 9 atom stereocenters. The first-order valence-corrected chi connectivity index (χ1v) is 13.9. The van der Waals surface area contributed by atoms with Crippen LogP contribution in [0.2, 0.25) is 0 Å². The van der Waals surface area contributed by atoms with E-state index >= 15 is 0 Å². The molecule has 5 saturated carbocycles.